The summed E-state index contributed by atoms with van der Waals surface area (Å²) in [7, 11) is 0. The molecule has 3 aliphatic rings. The molecule has 0 aromatic carbocycles. The van der Waals surface area contributed by atoms with Crippen LogP contribution in [0.1, 0.15) is 59.8 Å². The van der Waals surface area contributed by atoms with Crippen molar-refractivity contribution in [2.24, 2.45) is 5.92 Å². The minimum atomic E-state index is -0.476. The fourth-order valence-corrected chi connectivity index (χ4v) is 4.27. The van der Waals surface area contributed by atoms with Gasteiger partial charge in [-0.15, -0.1) is 0 Å². The first-order chi connectivity index (χ1) is 12.7. The topological polar surface area (TPSA) is 65.1 Å². The van der Waals surface area contributed by atoms with Crippen molar-refractivity contribution >= 4 is 11.9 Å². The molecule has 2 fully saturated rings. The van der Waals surface area contributed by atoms with Crippen LogP contribution in [0.5, 0.6) is 0 Å². The standard InChI is InChI=1S/C22H30O5/c1-13-8-6-9-14(2)12-17(25-16(4)23)18-15(3)21(24)26-19(18)20-22(5,27-20)11-7-10-13/h9-10,17-20H,3,6-8,11-12H2,1-2,4-5H3/b13-10+,14-9+/t17-,18+,19-,20?,22+/m0/s1. The van der Waals surface area contributed by atoms with E-state index in [2.05, 4.69) is 32.6 Å². The number of ether oxygens (including phenoxy) is 3. The molecule has 0 bridgehead atoms. The molecule has 5 heteroatoms. The van der Waals surface area contributed by atoms with Crippen molar-refractivity contribution < 1.29 is 23.8 Å². The number of carbonyl (C=O) groups is 2. The normalized spacial score (nSPS) is 41.0. The van der Waals surface area contributed by atoms with E-state index < -0.39 is 18.2 Å². The first kappa shape index (κ1) is 19.9. The van der Waals surface area contributed by atoms with Crippen LogP contribution in [-0.4, -0.2) is 35.9 Å². The van der Waals surface area contributed by atoms with Gasteiger partial charge in [0, 0.05) is 18.9 Å². The van der Waals surface area contributed by atoms with Crippen molar-refractivity contribution in [3.8, 4) is 0 Å². The van der Waals surface area contributed by atoms with E-state index in [1.807, 2.05) is 6.92 Å². The second-order valence-corrected chi connectivity index (χ2v) is 8.30. The van der Waals surface area contributed by atoms with Crippen LogP contribution in [-0.2, 0) is 23.8 Å². The molecule has 2 saturated heterocycles. The Hall–Kier alpha value is -1.88. The quantitative estimate of drug-likeness (QED) is 0.300. The van der Waals surface area contributed by atoms with Gasteiger partial charge in [-0.25, -0.2) is 4.79 Å². The van der Waals surface area contributed by atoms with E-state index in [9.17, 15) is 9.59 Å². The third-order valence-corrected chi connectivity index (χ3v) is 5.91. The molecule has 0 spiro atoms. The molecule has 148 valence electrons. The number of fused-ring (bicyclic) bond motifs is 3. The third kappa shape index (κ3) is 4.34. The number of hydrogen-bond acceptors (Lipinski definition) is 5. The van der Waals surface area contributed by atoms with Gasteiger partial charge in [0.25, 0.3) is 0 Å². The first-order valence-corrected chi connectivity index (χ1v) is 9.77. The summed E-state index contributed by atoms with van der Waals surface area (Å²) in [5.74, 6) is -1.16. The summed E-state index contributed by atoms with van der Waals surface area (Å²) in [5, 5.41) is 0. The van der Waals surface area contributed by atoms with Gasteiger partial charge in [-0.05, 0) is 46.5 Å². The molecule has 0 amide bonds. The smallest absolute Gasteiger partial charge is 0.334 e. The molecule has 0 N–H and O–H groups in total. The van der Waals surface area contributed by atoms with E-state index >= 15 is 0 Å². The van der Waals surface area contributed by atoms with Gasteiger partial charge >= 0.3 is 11.9 Å². The lowest BCUT2D eigenvalue weighted by atomic mass is 9.83. The van der Waals surface area contributed by atoms with Crippen LogP contribution in [0.4, 0.5) is 0 Å². The largest absolute Gasteiger partial charge is 0.461 e. The van der Waals surface area contributed by atoms with Crippen molar-refractivity contribution in [3.05, 3.63) is 35.5 Å². The van der Waals surface area contributed by atoms with Gasteiger partial charge in [-0.3, -0.25) is 4.79 Å². The van der Waals surface area contributed by atoms with Crippen molar-refractivity contribution in [1.82, 2.24) is 0 Å². The number of epoxide rings is 1. The highest BCUT2D eigenvalue weighted by Crippen LogP contribution is 2.49. The van der Waals surface area contributed by atoms with Crippen molar-refractivity contribution in [2.75, 3.05) is 0 Å². The van der Waals surface area contributed by atoms with Gasteiger partial charge < -0.3 is 14.2 Å². The zero-order valence-electron chi connectivity index (χ0n) is 16.7. The van der Waals surface area contributed by atoms with Crippen molar-refractivity contribution in [1.29, 1.82) is 0 Å². The van der Waals surface area contributed by atoms with Crippen LogP contribution in [0.25, 0.3) is 0 Å². The van der Waals surface area contributed by atoms with Gasteiger partial charge in [-0.1, -0.05) is 29.9 Å². The molecule has 0 radical (unpaired) electrons. The van der Waals surface area contributed by atoms with Gasteiger partial charge in [0.15, 0.2) is 0 Å². The maximum atomic E-state index is 12.3. The highest BCUT2D eigenvalue weighted by atomic mass is 16.6. The zero-order chi connectivity index (χ0) is 19.8. The predicted molar refractivity (Wildman–Crippen MR) is 102 cm³/mol. The summed E-state index contributed by atoms with van der Waals surface area (Å²) in [6, 6.07) is 0. The van der Waals surface area contributed by atoms with E-state index in [-0.39, 0.29) is 23.6 Å². The number of rotatable bonds is 1. The molecule has 0 aromatic rings. The highest BCUT2D eigenvalue weighted by molar-refractivity contribution is 5.91. The maximum Gasteiger partial charge on any atom is 0.334 e. The maximum absolute atomic E-state index is 12.3. The minimum Gasteiger partial charge on any atom is -0.461 e. The highest BCUT2D eigenvalue weighted by Gasteiger charge is 2.63. The summed E-state index contributed by atoms with van der Waals surface area (Å²) >= 11 is 0. The summed E-state index contributed by atoms with van der Waals surface area (Å²) in [5.41, 5.74) is 2.56. The summed E-state index contributed by atoms with van der Waals surface area (Å²) in [4.78, 5) is 24.0. The van der Waals surface area contributed by atoms with Crippen molar-refractivity contribution in [2.45, 2.75) is 83.7 Å². The second kappa shape index (κ2) is 7.63. The Balaban J connectivity index is 1.92. The number of hydrogen-bond donors (Lipinski definition) is 0. The second-order valence-electron chi connectivity index (χ2n) is 8.30. The average Bonchev–Trinajstić information content (AvgIpc) is 3.14. The molecule has 0 aromatic heterocycles. The Morgan fingerprint density at radius 2 is 1.96 bits per heavy atom. The van der Waals surface area contributed by atoms with Crippen LogP contribution in [0, 0.1) is 5.92 Å². The van der Waals surface area contributed by atoms with Gasteiger partial charge in [0.2, 0.25) is 0 Å². The molecular weight excluding hydrogens is 344 g/mol. The van der Waals surface area contributed by atoms with E-state index in [1.165, 1.54) is 12.5 Å². The number of allylic oxidation sites excluding steroid dienone is 3. The molecular formula is C22H30O5. The molecule has 5 atom stereocenters. The molecule has 2 heterocycles. The third-order valence-electron chi connectivity index (χ3n) is 5.91. The Labute approximate surface area is 161 Å². The fourth-order valence-electron chi connectivity index (χ4n) is 4.27. The number of carbonyl (C=O) groups excluding carboxylic acids is 2. The average molecular weight is 374 g/mol. The molecule has 0 saturated carbocycles. The molecule has 2 aliphatic heterocycles. The van der Waals surface area contributed by atoms with Crippen LogP contribution in [0.2, 0.25) is 0 Å². The van der Waals surface area contributed by atoms with Crippen LogP contribution in [0.3, 0.4) is 0 Å². The van der Waals surface area contributed by atoms with Gasteiger partial charge in [-0.2, -0.15) is 0 Å². The SMILES string of the molecule is C=C1C(=O)O[C@@H]2C3O[C@]3(C)CC/C=C(\C)CC/C=C(\C)C[C@H](OC(C)=O)[C@@H]12. The summed E-state index contributed by atoms with van der Waals surface area (Å²) in [6.07, 6.45) is 7.66. The van der Waals surface area contributed by atoms with Gasteiger partial charge in [0.05, 0.1) is 11.5 Å². The van der Waals surface area contributed by atoms with E-state index in [1.54, 1.807) is 0 Å². The molecule has 1 unspecified atom stereocenters. The Morgan fingerprint density at radius 1 is 1.26 bits per heavy atom. The Morgan fingerprint density at radius 3 is 2.67 bits per heavy atom. The Kier molecular flexibility index (Phi) is 5.61. The molecule has 27 heavy (non-hydrogen) atoms. The van der Waals surface area contributed by atoms with Crippen LogP contribution >= 0.6 is 0 Å². The lowest BCUT2D eigenvalue weighted by molar-refractivity contribution is -0.150. The summed E-state index contributed by atoms with van der Waals surface area (Å²) < 4.78 is 17.3. The molecule has 5 nitrogen and oxygen atoms in total. The lowest BCUT2D eigenvalue weighted by Gasteiger charge is -2.27. The predicted octanol–water partition coefficient (Wildman–Crippen LogP) is 4.03. The molecule has 3 rings (SSSR count). The first-order valence-electron chi connectivity index (χ1n) is 9.77. The summed E-state index contributed by atoms with van der Waals surface area (Å²) in [6.45, 7) is 11.6. The van der Waals surface area contributed by atoms with Crippen LogP contribution < -0.4 is 0 Å². The fraction of sp³-hybridized carbons (Fsp3) is 0.636. The molecule has 1 aliphatic carbocycles. The zero-order valence-corrected chi connectivity index (χ0v) is 16.7. The van der Waals surface area contributed by atoms with Gasteiger partial charge in [0.1, 0.15) is 18.3 Å². The lowest BCUT2D eigenvalue weighted by Crippen LogP contribution is -2.37. The van der Waals surface area contributed by atoms with Crippen LogP contribution in [0.15, 0.2) is 35.5 Å². The van der Waals surface area contributed by atoms with Crippen molar-refractivity contribution in [3.63, 3.8) is 0 Å². The Bertz CT molecular complexity index is 703. The minimum absolute atomic E-state index is 0.190. The monoisotopic (exact) mass is 374 g/mol. The van der Waals surface area contributed by atoms with E-state index in [4.69, 9.17) is 14.2 Å². The number of esters is 2. The van der Waals surface area contributed by atoms with E-state index in [0.717, 1.165) is 31.3 Å². The van der Waals surface area contributed by atoms with E-state index in [0.29, 0.717) is 12.0 Å².